The molecule has 0 aromatic carbocycles. The van der Waals surface area contributed by atoms with E-state index in [0.29, 0.717) is 0 Å². The summed E-state index contributed by atoms with van der Waals surface area (Å²) < 4.78 is 5.32. The molecule has 0 unspecified atom stereocenters. The van der Waals surface area contributed by atoms with Crippen molar-refractivity contribution < 1.29 is 13.1 Å². The van der Waals surface area contributed by atoms with E-state index >= 15 is 0 Å². The van der Waals surface area contributed by atoms with Crippen molar-refractivity contribution in [2.75, 3.05) is 0 Å². The first-order valence-corrected chi connectivity index (χ1v) is 9.59. The van der Waals surface area contributed by atoms with Gasteiger partial charge in [0.15, 0.2) is 6.29 Å². The Hall–Kier alpha value is -1.40. The van der Waals surface area contributed by atoms with Crippen LogP contribution in [0.25, 0.3) is 0 Å². The van der Waals surface area contributed by atoms with Gasteiger partial charge in [0.2, 0.25) is 0 Å². The zero-order chi connectivity index (χ0) is 16.1. The molecule has 0 saturated heterocycles. The molecule has 0 aliphatic rings. The van der Waals surface area contributed by atoms with Crippen molar-refractivity contribution >= 4 is 20.2 Å². The van der Waals surface area contributed by atoms with Gasteiger partial charge >= 0.3 is 33.3 Å². The average Bonchev–Trinajstić information content (AvgIpc) is 3.16. The zero-order valence-corrected chi connectivity index (χ0v) is 15.0. The van der Waals surface area contributed by atoms with Crippen LogP contribution in [-0.2, 0) is 13.1 Å². The Morgan fingerprint density at radius 1 is 0.773 bits per heavy atom. The Morgan fingerprint density at radius 2 is 1.05 bits per heavy atom. The molecule has 3 aromatic heterocycles. The van der Waals surface area contributed by atoms with Gasteiger partial charge in [-0.15, -0.1) is 0 Å². The molecule has 0 atom stereocenters. The maximum absolute atomic E-state index is 4.80. The van der Waals surface area contributed by atoms with Crippen molar-refractivity contribution in [2.24, 2.45) is 0 Å². The van der Waals surface area contributed by atoms with Crippen molar-refractivity contribution in [3.05, 3.63) is 60.2 Å². The van der Waals surface area contributed by atoms with Gasteiger partial charge in [-0.1, -0.05) is 16.7 Å². The van der Waals surface area contributed by atoms with E-state index in [1.54, 1.807) is 14.0 Å². The van der Waals surface area contributed by atoms with Gasteiger partial charge in [0.25, 0.3) is 0 Å². The van der Waals surface area contributed by atoms with Crippen LogP contribution >= 0.6 is 20.2 Å². The summed E-state index contributed by atoms with van der Waals surface area (Å²) in [6.07, 6.45) is 12.0. The molecule has 0 aliphatic heterocycles. The van der Waals surface area contributed by atoms with Gasteiger partial charge in [-0.05, 0) is 39.4 Å². The quantitative estimate of drug-likeness (QED) is 0.518. The number of rotatable bonds is 3. The first-order chi connectivity index (χ1) is 10.5. The number of halogens is 2. The first kappa shape index (κ1) is 17.0. The van der Waals surface area contributed by atoms with Gasteiger partial charge in [0.1, 0.15) is 0 Å². The molecule has 0 saturated carbocycles. The van der Waals surface area contributed by atoms with E-state index in [1.807, 2.05) is 58.0 Å². The summed E-state index contributed by atoms with van der Waals surface area (Å²) in [5.74, 6) is 0. The van der Waals surface area contributed by atoms with E-state index in [2.05, 4.69) is 15.3 Å². The molecule has 0 amide bonds. The summed E-state index contributed by atoms with van der Waals surface area (Å²) in [5, 5.41) is 13.0. The SMILES string of the molecule is Cc1cnn([C-](n2cc(C)cn2)n2cc(C)cn2)c1.[Cl][Mn][Cl]. The van der Waals surface area contributed by atoms with E-state index in [1.165, 1.54) is 0 Å². The number of aromatic nitrogens is 6. The molecule has 3 rings (SSSR count). The Morgan fingerprint density at radius 3 is 1.23 bits per heavy atom. The molecule has 0 bridgehead atoms. The van der Waals surface area contributed by atoms with Crippen LogP contribution in [0.3, 0.4) is 0 Å². The topological polar surface area (TPSA) is 53.5 Å². The Balaban J connectivity index is 0.000000545. The summed E-state index contributed by atoms with van der Waals surface area (Å²) in [6, 6.07) is 0. The van der Waals surface area contributed by atoms with Crippen LogP contribution in [0.15, 0.2) is 37.2 Å². The van der Waals surface area contributed by atoms with Crippen LogP contribution in [0.5, 0.6) is 0 Å². The van der Waals surface area contributed by atoms with Gasteiger partial charge < -0.3 is 0 Å². The number of hydrogen-bond donors (Lipinski definition) is 0. The van der Waals surface area contributed by atoms with Crippen LogP contribution in [0.2, 0.25) is 0 Å². The maximum atomic E-state index is 4.80. The standard InChI is InChI=1S/C13H15N6.2ClH.Mn/c1-10-4-14-17(7-10)13(18-8-11(2)5-15-18)19-9-12(3)6-16-19;;;/h4-9H,1-3H3;2*1H;/q-1;;;+2/p-2. The minimum atomic E-state index is 0.00694. The fourth-order valence-electron chi connectivity index (χ4n) is 1.88. The van der Waals surface area contributed by atoms with E-state index in [4.69, 9.17) is 20.2 Å². The Labute approximate surface area is 143 Å². The molecule has 6 nitrogen and oxygen atoms in total. The van der Waals surface area contributed by atoms with Crippen LogP contribution < -0.4 is 0 Å². The van der Waals surface area contributed by atoms with Crippen molar-refractivity contribution in [3.63, 3.8) is 0 Å². The molecule has 3 heterocycles. The van der Waals surface area contributed by atoms with Crippen LogP contribution in [0, 0.1) is 27.1 Å². The Bertz CT molecular complexity index is 624. The summed E-state index contributed by atoms with van der Waals surface area (Å²) in [6.45, 7) is 6.01. The first-order valence-electron chi connectivity index (χ1n) is 6.34. The van der Waals surface area contributed by atoms with Gasteiger partial charge in [0.05, 0.1) is 0 Å². The molecule has 9 heteroatoms. The molecule has 0 N–H and O–H groups in total. The molecular weight excluding hydrogens is 366 g/mol. The van der Waals surface area contributed by atoms with Crippen LogP contribution in [0.4, 0.5) is 0 Å². The molecular formula is C13H15Cl2MnN6-. The van der Waals surface area contributed by atoms with Gasteiger partial charge in [0, 0.05) is 18.6 Å². The minimum absolute atomic E-state index is 0.00694. The van der Waals surface area contributed by atoms with E-state index < -0.39 is 0 Å². The molecule has 3 aromatic rings. The average molecular weight is 381 g/mol. The monoisotopic (exact) mass is 380 g/mol. The number of nitrogens with zero attached hydrogens (tertiary/aromatic N) is 6. The summed E-state index contributed by atoms with van der Waals surface area (Å²) >= 11 is 0.00694. The fraction of sp³-hybridized carbons (Fsp3) is 0.231. The third kappa shape index (κ3) is 4.08. The van der Waals surface area contributed by atoms with Crippen molar-refractivity contribution in [1.82, 2.24) is 29.3 Å². The zero-order valence-electron chi connectivity index (χ0n) is 12.3. The molecule has 119 valence electrons. The van der Waals surface area contributed by atoms with Crippen molar-refractivity contribution in [3.8, 4) is 0 Å². The van der Waals surface area contributed by atoms with Crippen LogP contribution in [-0.4, -0.2) is 29.3 Å². The normalized spacial score (nSPS) is 10.2. The molecule has 0 spiro atoms. The predicted molar refractivity (Wildman–Crippen MR) is 82.0 cm³/mol. The second-order valence-corrected chi connectivity index (χ2v) is 6.69. The third-order valence-corrected chi connectivity index (χ3v) is 2.75. The van der Waals surface area contributed by atoms with Gasteiger partial charge in [-0.2, -0.15) is 15.3 Å². The number of aryl methyl sites for hydroxylation is 3. The molecule has 0 radical (unpaired) electrons. The Kier molecular flexibility index (Phi) is 5.97. The second-order valence-electron chi connectivity index (χ2n) is 4.74. The number of hydrogen-bond acceptors (Lipinski definition) is 3. The van der Waals surface area contributed by atoms with Gasteiger partial charge in [-0.3, -0.25) is 14.0 Å². The summed E-state index contributed by atoms with van der Waals surface area (Å²) in [5.41, 5.74) is 3.26. The van der Waals surface area contributed by atoms with E-state index in [9.17, 15) is 0 Å². The van der Waals surface area contributed by atoms with Crippen molar-refractivity contribution in [1.29, 1.82) is 0 Å². The predicted octanol–water partition coefficient (Wildman–Crippen LogP) is 2.97. The second kappa shape index (κ2) is 7.74. The molecule has 22 heavy (non-hydrogen) atoms. The fourth-order valence-corrected chi connectivity index (χ4v) is 1.88. The van der Waals surface area contributed by atoms with Crippen LogP contribution in [0.1, 0.15) is 16.7 Å². The van der Waals surface area contributed by atoms with E-state index in [0.717, 1.165) is 23.0 Å². The third-order valence-electron chi connectivity index (χ3n) is 2.75. The van der Waals surface area contributed by atoms with Gasteiger partial charge in [-0.25, -0.2) is 0 Å². The summed E-state index contributed by atoms with van der Waals surface area (Å²) in [4.78, 5) is 0. The molecule has 0 aliphatic carbocycles. The van der Waals surface area contributed by atoms with Crippen molar-refractivity contribution in [2.45, 2.75) is 20.8 Å². The van der Waals surface area contributed by atoms with E-state index in [-0.39, 0.29) is 13.1 Å². The summed E-state index contributed by atoms with van der Waals surface area (Å²) in [7, 11) is 9.59. The molecule has 0 fully saturated rings.